The van der Waals surface area contributed by atoms with Gasteiger partial charge in [-0.3, -0.25) is 9.69 Å². The van der Waals surface area contributed by atoms with Gasteiger partial charge in [-0.2, -0.15) is 13.2 Å². The van der Waals surface area contributed by atoms with Crippen LogP contribution in [0.15, 0.2) is 11.3 Å². The molecule has 0 bridgehead atoms. The van der Waals surface area contributed by atoms with Crippen LogP contribution in [0.5, 0.6) is 0 Å². The van der Waals surface area contributed by atoms with Crippen molar-refractivity contribution in [2.24, 2.45) is 0 Å². The van der Waals surface area contributed by atoms with E-state index in [2.05, 4.69) is 4.74 Å². The highest BCUT2D eigenvalue weighted by Gasteiger charge is 2.48. The van der Waals surface area contributed by atoms with Gasteiger partial charge in [0.25, 0.3) is 0 Å². The lowest BCUT2D eigenvalue weighted by Gasteiger charge is -2.44. The lowest BCUT2D eigenvalue weighted by Crippen LogP contribution is -2.54. The predicted octanol–water partition coefficient (Wildman–Crippen LogP) is 1.42. The molecule has 2 aliphatic rings. The van der Waals surface area contributed by atoms with Crippen molar-refractivity contribution in [3.63, 3.8) is 0 Å². The largest absolute Gasteiger partial charge is 0.491 e. The summed E-state index contributed by atoms with van der Waals surface area (Å²) in [5, 5.41) is -0.321. The number of carbonyl (C=O) groups excluding carboxylic acids is 3. The molecule has 0 aromatic carbocycles. The molecule has 5 nitrogen and oxygen atoms in total. The molecule has 2 aliphatic heterocycles. The van der Waals surface area contributed by atoms with Gasteiger partial charge in [0.1, 0.15) is 5.70 Å². The van der Waals surface area contributed by atoms with Gasteiger partial charge in [-0.1, -0.05) is 0 Å². The Balaban J connectivity index is 2.23. The fourth-order valence-electron chi connectivity index (χ4n) is 1.76. The molecule has 1 amide bonds. The normalized spacial score (nSPS) is 22.3. The smallest absolute Gasteiger partial charge is 0.382 e. The molecule has 0 aromatic heterocycles. The monoisotopic (exact) mass is 329 g/mol. The molecular weight excluding hydrogens is 323 g/mol. The van der Waals surface area contributed by atoms with Gasteiger partial charge in [0.15, 0.2) is 0 Å². The quantitative estimate of drug-likeness (QED) is 0.332. The zero-order valence-corrected chi connectivity index (χ0v) is 11.3. The number of alkyl halides is 4. The molecular formula is C10H7ClF3NO4S. The molecule has 0 N–H and O–H groups in total. The van der Waals surface area contributed by atoms with E-state index in [4.69, 9.17) is 11.6 Å². The Hall–Kier alpha value is -1.22. The predicted molar refractivity (Wildman–Crippen MR) is 62.6 cm³/mol. The van der Waals surface area contributed by atoms with Crippen molar-refractivity contribution in [1.29, 1.82) is 0 Å². The average molecular weight is 330 g/mol. The molecule has 0 aromatic rings. The minimum Gasteiger partial charge on any atom is -0.382 e. The van der Waals surface area contributed by atoms with Gasteiger partial charge in [-0.05, 0) is 5.57 Å². The van der Waals surface area contributed by atoms with E-state index >= 15 is 0 Å². The highest BCUT2D eigenvalue weighted by Crippen LogP contribution is 2.40. The minimum absolute atomic E-state index is 0.145. The highest BCUT2D eigenvalue weighted by atomic mass is 35.5. The number of thioether (sulfide) groups is 1. The zero-order valence-electron chi connectivity index (χ0n) is 9.70. The number of fused-ring (bicyclic) bond motifs is 1. The van der Waals surface area contributed by atoms with Gasteiger partial charge < -0.3 is 4.74 Å². The summed E-state index contributed by atoms with van der Waals surface area (Å²) in [6, 6.07) is 0. The molecule has 1 unspecified atom stereocenters. The van der Waals surface area contributed by atoms with E-state index in [9.17, 15) is 27.6 Å². The van der Waals surface area contributed by atoms with Gasteiger partial charge in [0, 0.05) is 11.6 Å². The highest BCUT2D eigenvalue weighted by molar-refractivity contribution is 8.00. The van der Waals surface area contributed by atoms with Crippen LogP contribution in [0.1, 0.15) is 6.42 Å². The molecule has 1 fully saturated rings. The van der Waals surface area contributed by atoms with Crippen molar-refractivity contribution >= 4 is 41.2 Å². The summed E-state index contributed by atoms with van der Waals surface area (Å²) in [4.78, 5) is 34.8. The first kappa shape index (κ1) is 15.2. The number of carbonyl (C=O) groups is 3. The lowest BCUT2D eigenvalue weighted by molar-refractivity contribution is -0.201. The van der Waals surface area contributed by atoms with Gasteiger partial charge in [0.05, 0.1) is 11.8 Å². The van der Waals surface area contributed by atoms with E-state index in [0.717, 1.165) is 4.90 Å². The molecule has 0 aliphatic carbocycles. The summed E-state index contributed by atoms with van der Waals surface area (Å²) in [5.74, 6) is -4.39. The summed E-state index contributed by atoms with van der Waals surface area (Å²) in [7, 11) is 0. The number of nitrogens with zero attached hydrogens (tertiary/aromatic N) is 1. The Kier molecular flexibility index (Phi) is 4.01. The fourth-order valence-corrected chi connectivity index (χ4v) is 3.36. The molecule has 2 heterocycles. The van der Waals surface area contributed by atoms with Crippen LogP contribution in [0.25, 0.3) is 0 Å². The topological polar surface area (TPSA) is 63.7 Å². The van der Waals surface area contributed by atoms with Gasteiger partial charge in [-0.25, -0.2) is 9.59 Å². The van der Waals surface area contributed by atoms with E-state index < -0.39 is 24.0 Å². The Labute approximate surface area is 120 Å². The van der Waals surface area contributed by atoms with E-state index in [1.807, 2.05) is 0 Å². The Morgan fingerprint density at radius 3 is 2.60 bits per heavy atom. The summed E-state index contributed by atoms with van der Waals surface area (Å²) in [5.41, 5.74) is -0.0847. The second-order valence-electron chi connectivity index (χ2n) is 3.99. The van der Waals surface area contributed by atoms with Crippen molar-refractivity contribution < 1.29 is 32.3 Å². The number of hydrogen-bond donors (Lipinski definition) is 0. The number of esters is 2. The second-order valence-corrected chi connectivity index (χ2v) is 5.43. The van der Waals surface area contributed by atoms with Crippen LogP contribution in [0, 0.1) is 0 Å². The molecule has 1 saturated heterocycles. The van der Waals surface area contributed by atoms with E-state index in [1.165, 1.54) is 11.8 Å². The maximum Gasteiger partial charge on any atom is 0.491 e. The maximum atomic E-state index is 12.1. The molecule has 110 valence electrons. The molecule has 1 atom stereocenters. The Bertz CT molecular complexity index is 519. The molecule has 20 heavy (non-hydrogen) atoms. The fraction of sp³-hybridized carbons (Fsp3) is 0.500. The molecule has 10 heteroatoms. The first-order chi connectivity index (χ1) is 9.25. The van der Waals surface area contributed by atoms with Gasteiger partial charge in [0.2, 0.25) is 5.91 Å². The summed E-state index contributed by atoms with van der Waals surface area (Å²) < 4.78 is 40.0. The van der Waals surface area contributed by atoms with Crippen LogP contribution < -0.4 is 0 Å². The first-order valence-electron chi connectivity index (χ1n) is 5.30. The van der Waals surface area contributed by atoms with Crippen molar-refractivity contribution in [3.05, 3.63) is 11.3 Å². The Morgan fingerprint density at radius 1 is 1.45 bits per heavy atom. The Morgan fingerprint density at radius 2 is 2.10 bits per heavy atom. The van der Waals surface area contributed by atoms with Crippen molar-refractivity contribution in [2.45, 2.75) is 18.0 Å². The van der Waals surface area contributed by atoms with Gasteiger partial charge >= 0.3 is 18.1 Å². The van der Waals surface area contributed by atoms with E-state index in [-0.39, 0.29) is 28.9 Å². The van der Waals surface area contributed by atoms with E-state index in [1.54, 1.807) is 0 Å². The number of β-lactam (4-membered cyclic amide) rings is 1. The number of rotatable bonds is 2. The maximum absolute atomic E-state index is 12.1. The van der Waals surface area contributed by atoms with Crippen LogP contribution >= 0.6 is 23.4 Å². The third-order valence-corrected chi connectivity index (χ3v) is 4.30. The van der Waals surface area contributed by atoms with E-state index in [0.29, 0.717) is 5.75 Å². The second kappa shape index (κ2) is 5.28. The number of ether oxygens (including phenoxy) is 1. The van der Waals surface area contributed by atoms with Crippen LogP contribution in [0.2, 0.25) is 0 Å². The van der Waals surface area contributed by atoms with Crippen LogP contribution in [-0.2, 0) is 19.1 Å². The van der Waals surface area contributed by atoms with Crippen LogP contribution in [0.4, 0.5) is 13.2 Å². The van der Waals surface area contributed by atoms with Crippen molar-refractivity contribution in [3.8, 4) is 0 Å². The molecule has 0 spiro atoms. The SMILES string of the molecule is O=C(OC(=O)C(F)(F)F)C1=C(CCl)CSC2CC(=O)N12. The summed E-state index contributed by atoms with van der Waals surface area (Å²) >= 11 is 6.95. The molecule has 0 radical (unpaired) electrons. The third kappa shape index (κ3) is 2.64. The van der Waals surface area contributed by atoms with Crippen LogP contribution in [-0.4, -0.2) is 45.9 Å². The number of amides is 1. The zero-order chi connectivity index (χ0) is 15.1. The van der Waals surface area contributed by atoms with Crippen molar-refractivity contribution in [2.75, 3.05) is 11.6 Å². The summed E-state index contributed by atoms with van der Waals surface area (Å²) in [6.45, 7) is 0. The van der Waals surface area contributed by atoms with Crippen LogP contribution in [0.3, 0.4) is 0 Å². The lowest BCUT2D eigenvalue weighted by atomic mass is 10.1. The van der Waals surface area contributed by atoms with Crippen molar-refractivity contribution in [1.82, 2.24) is 4.90 Å². The standard InChI is InChI=1S/C10H7ClF3NO4S/c11-2-4-3-20-6-1-5(16)15(6)7(4)8(17)19-9(18)10(12,13)14/h6H,1-3H2. The summed E-state index contributed by atoms with van der Waals surface area (Å²) in [6.07, 6.45) is -5.09. The average Bonchev–Trinajstić information content (AvgIpc) is 2.35. The third-order valence-electron chi connectivity index (χ3n) is 2.70. The number of halogens is 4. The molecule has 2 rings (SSSR count). The number of hydrogen-bond acceptors (Lipinski definition) is 5. The molecule has 0 saturated carbocycles. The first-order valence-corrected chi connectivity index (χ1v) is 6.89. The minimum atomic E-state index is -5.28. The van der Waals surface area contributed by atoms with Gasteiger partial charge in [-0.15, -0.1) is 23.4 Å².